The van der Waals surface area contributed by atoms with Crippen LogP contribution in [0.4, 0.5) is 14.9 Å². The molecule has 2 aromatic rings. The second-order valence-corrected chi connectivity index (χ2v) is 7.44. The Balaban J connectivity index is 2.01. The van der Waals surface area contributed by atoms with Crippen LogP contribution in [-0.4, -0.2) is 42.8 Å². The number of rotatable bonds is 4. The number of carboxylic acid groups (broad SMARTS) is 1. The first-order valence-electron chi connectivity index (χ1n) is 8.29. The minimum Gasteiger partial charge on any atom is -0.465 e. The van der Waals surface area contributed by atoms with Crippen LogP contribution in [0.3, 0.4) is 0 Å². The fourth-order valence-electron chi connectivity index (χ4n) is 3.35. The number of hydrogen-bond acceptors (Lipinski definition) is 2. The maximum absolute atomic E-state index is 13.5. The molecule has 1 aliphatic rings. The van der Waals surface area contributed by atoms with Crippen LogP contribution in [0.5, 0.6) is 0 Å². The highest BCUT2D eigenvalue weighted by Gasteiger charge is 2.27. The van der Waals surface area contributed by atoms with Crippen molar-refractivity contribution >= 4 is 35.0 Å². The summed E-state index contributed by atoms with van der Waals surface area (Å²) in [7, 11) is 2.03. The highest BCUT2D eigenvalue weighted by atomic mass is 35.5. The van der Waals surface area contributed by atoms with Gasteiger partial charge in [-0.05, 0) is 61.8 Å². The van der Waals surface area contributed by atoms with Crippen molar-refractivity contribution in [3.63, 3.8) is 0 Å². The zero-order valence-electron chi connectivity index (χ0n) is 14.3. The molecule has 1 saturated heterocycles. The largest absolute Gasteiger partial charge is 0.465 e. The monoisotopic (exact) mass is 396 g/mol. The molecule has 3 rings (SSSR count). The minimum absolute atomic E-state index is 0.0206. The molecule has 7 heteroatoms. The normalized spacial score (nSPS) is 17.5. The van der Waals surface area contributed by atoms with Crippen molar-refractivity contribution in [1.29, 1.82) is 0 Å². The van der Waals surface area contributed by atoms with Gasteiger partial charge in [-0.1, -0.05) is 29.3 Å². The van der Waals surface area contributed by atoms with Gasteiger partial charge < -0.3 is 10.0 Å². The maximum Gasteiger partial charge on any atom is 0.411 e. The molecule has 138 valence electrons. The van der Waals surface area contributed by atoms with E-state index in [9.17, 15) is 14.3 Å². The molecule has 0 spiro atoms. The summed E-state index contributed by atoms with van der Waals surface area (Å²) in [6.07, 6.45) is -0.0812. The van der Waals surface area contributed by atoms with Crippen LogP contribution >= 0.6 is 23.2 Å². The molecule has 1 N–H and O–H groups in total. The molecule has 0 aliphatic carbocycles. The molecule has 0 saturated carbocycles. The van der Waals surface area contributed by atoms with Crippen molar-refractivity contribution in [2.24, 2.45) is 5.92 Å². The molecule has 2 aromatic carbocycles. The molecule has 1 fully saturated rings. The van der Waals surface area contributed by atoms with Gasteiger partial charge in [0.1, 0.15) is 5.82 Å². The third kappa shape index (κ3) is 4.11. The number of nitrogens with zero attached hydrogens (tertiary/aromatic N) is 2. The molecule has 1 amide bonds. The van der Waals surface area contributed by atoms with Crippen molar-refractivity contribution < 1.29 is 14.3 Å². The number of anilines is 1. The molecule has 1 atom stereocenters. The summed E-state index contributed by atoms with van der Waals surface area (Å²) in [5.74, 6) is -0.264. The first-order valence-corrected chi connectivity index (χ1v) is 9.04. The Morgan fingerprint density at radius 3 is 2.69 bits per heavy atom. The van der Waals surface area contributed by atoms with Crippen LogP contribution in [-0.2, 0) is 0 Å². The van der Waals surface area contributed by atoms with E-state index in [1.54, 1.807) is 24.3 Å². The summed E-state index contributed by atoms with van der Waals surface area (Å²) < 4.78 is 13.5. The predicted octanol–water partition coefficient (Wildman–Crippen LogP) is 5.24. The van der Waals surface area contributed by atoms with E-state index < -0.39 is 11.9 Å². The van der Waals surface area contributed by atoms with Gasteiger partial charge in [0.05, 0.1) is 10.7 Å². The van der Waals surface area contributed by atoms with Gasteiger partial charge in [-0.3, -0.25) is 4.90 Å². The number of benzene rings is 2. The molecular formula is C19H19Cl2FN2O2. The molecule has 0 radical (unpaired) electrons. The van der Waals surface area contributed by atoms with Crippen LogP contribution in [0.15, 0.2) is 36.4 Å². The van der Waals surface area contributed by atoms with Crippen LogP contribution in [0.25, 0.3) is 11.1 Å². The van der Waals surface area contributed by atoms with Crippen molar-refractivity contribution in [3.05, 3.63) is 52.3 Å². The third-order valence-electron chi connectivity index (χ3n) is 4.64. The summed E-state index contributed by atoms with van der Waals surface area (Å²) >= 11 is 12.0. The Bertz CT molecular complexity index is 831. The SMILES string of the molecule is CN1CC[C@@H](CN(C(=O)O)c2ccc(Cl)cc2-c2ccc(F)c(Cl)c2)C1. The lowest BCUT2D eigenvalue weighted by molar-refractivity contribution is 0.200. The van der Waals surface area contributed by atoms with E-state index >= 15 is 0 Å². The van der Waals surface area contributed by atoms with E-state index in [2.05, 4.69) is 4.90 Å². The van der Waals surface area contributed by atoms with Gasteiger partial charge in [0.25, 0.3) is 0 Å². The summed E-state index contributed by atoms with van der Waals surface area (Å²) in [4.78, 5) is 15.5. The summed E-state index contributed by atoms with van der Waals surface area (Å²) in [5.41, 5.74) is 1.73. The first kappa shape index (κ1) is 19.0. The second-order valence-electron chi connectivity index (χ2n) is 6.60. The maximum atomic E-state index is 13.5. The fraction of sp³-hybridized carbons (Fsp3) is 0.316. The zero-order chi connectivity index (χ0) is 18.8. The van der Waals surface area contributed by atoms with Crippen molar-refractivity contribution in [2.45, 2.75) is 6.42 Å². The Morgan fingerprint density at radius 1 is 1.31 bits per heavy atom. The van der Waals surface area contributed by atoms with Gasteiger partial charge in [0.15, 0.2) is 0 Å². The van der Waals surface area contributed by atoms with E-state index in [4.69, 9.17) is 23.2 Å². The van der Waals surface area contributed by atoms with Gasteiger partial charge >= 0.3 is 6.09 Å². The van der Waals surface area contributed by atoms with Gasteiger partial charge in [-0.25, -0.2) is 9.18 Å². The molecular weight excluding hydrogens is 378 g/mol. The van der Waals surface area contributed by atoms with Crippen LogP contribution < -0.4 is 4.90 Å². The van der Waals surface area contributed by atoms with E-state index in [1.165, 1.54) is 17.0 Å². The Hall–Kier alpha value is -1.82. The predicted molar refractivity (Wildman–Crippen MR) is 103 cm³/mol. The van der Waals surface area contributed by atoms with Gasteiger partial charge in [-0.2, -0.15) is 0 Å². The average Bonchev–Trinajstić information content (AvgIpc) is 3.00. The van der Waals surface area contributed by atoms with Crippen molar-refractivity contribution in [2.75, 3.05) is 31.6 Å². The number of likely N-dealkylation sites (tertiary alicyclic amines) is 1. The fourth-order valence-corrected chi connectivity index (χ4v) is 3.70. The van der Waals surface area contributed by atoms with Crippen molar-refractivity contribution in [1.82, 2.24) is 4.90 Å². The summed E-state index contributed by atoms with van der Waals surface area (Å²) in [6, 6.07) is 9.33. The Morgan fingerprint density at radius 2 is 2.08 bits per heavy atom. The lowest BCUT2D eigenvalue weighted by atomic mass is 10.0. The quantitative estimate of drug-likeness (QED) is 0.768. The molecule has 0 bridgehead atoms. The Labute approximate surface area is 161 Å². The van der Waals surface area contributed by atoms with Crippen LogP contribution in [0, 0.1) is 11.7 Å². The molecule has 0 unspecified atom stereocenters. The summed E-state index contributed by atoms with van der Waals surface area (Å²) in [5, 5.41) is 10.2. The summed E-state index contributed by atoms with van der Waals surface area (Å²) in [6.45, 7) is 2.21. The van der Waals surface area contributed by atoms with Gasteiger partial charge in [-0.15, -0.1) is 0 Å². The van der Waals surface area contributed by atoms with Crippen LogP contribution in [0.2, 0.25) is 10.0 Å². The molecule has 1 aliphatic heterocycles. The lowest BCUT2D eigenvalue weighted by Gasteiger charge is -2.25. The standard InChI is InChI=1S/C19H19Cl2FN2O2/c1-23-7-6-12(10-23)11-24(19(25)26)18-5-3-14(20)9-15(18)13-2-4-17(22)16(21)8-13/h2-5,8-9,12H,6-7,10-11H2,1H3,(H,25,26)/t12-/m1/s1. The molecule has 4 nitrogen and oxygen atoms in total. The minimum atomic E-state index is -1.03. The average molecular weight is 397 g/mol. The number of halogens is 3. The van der Waals surface area contributed by atoms with E-state index in [1.807, 2.05) is 7.05 Å². The molecule has 26 heavy (non-hydrogen) atoms. The smallest absolute Gasteiger partial charge is 0.411 e. The number of hydrogen-bond donors (Lipinski definition) is 1. The van der Waals surface area contributed by atoms with E-state index in [-0.39, 0.29) is 10.9 Å². The highest BCUT2D eigenvalue weighted by Crippen LogP contribution is 2.36. The van der Waals surface area contributed by atoms with Gasteiger partial charge in [0, 0.05) is 23.7 Å². The van der Waals surface area contributed by atoms with Crippen LogP contribution in [0.1, 0.15) is 6.42 Å². The van der Waals surface area contributed by atoms with E-state index in [0.717, 1.165) is 19.5 Å². The lowest BCUT2D eigenvalue weighted by Crippen LogP contribution is -2.35. The number of carbonyl (C=O) groups is 1. The third-order valence-corrected chi connectivity index (χ3v) is 5.17. The Kier molecular flexibility index (Phi) is 5.70. The van der Waals surface area contributed by atoms with Crippen molar-refractivity contribution in [3.8, 4) is 11.1 Å². The van der Waals surface area contributed by atoms with E-state index in [0.29, 0.717) is 28.4 Å². The molecule has 1 heterocycles. The first-order chi connectivity index (χ1) is 12.3. The second kappa shape index (κ2) is 7.82. The number of amides is 1. The van der Waals surface area contributed by atoms with Gasteiger partial charge in [0.2, 0.25) is 0 Å². The zero-order valence-corrected chi connectivity index (χ0v) is 15.8. The topological polar surface area (TPSA) is 43.8 Å². The molecule has 0 aromatic heterocycles. The highest BCUT2D eigenvalue weighted by molar-refractivity contribution is 6.31.